The third-order valence-electron chi connectivity index (χ3n) is 4.49. The van der Waals surface area contributed by atoms with Gasteiger partial charge in [0, 0.05) is 38.8 Å². The zero-order chi connectivity index (χ0) is 16.4. The number of nitrogens with zero attached hydrogens (tertiary/aromatic N) is 2. The summed E-state index contributed by atoms with van der Waals surface area (Å²) in [6.07, 6.45) is 4.83. The molecule has 1 spiro atoms. The average molecular weight is 340 g/mol. The number of hydrogen-bond acceptors (Lipinski definition) is 4. The van der Waals surface area contributed by atoms with E-state index in [1.54, 1.807) is 12.4 Å². The molecule has 0 saturated carbocycles. The highest BCUT2D eigenvalue weighted by Gasteiger charge is 2.42. The molecule has 3 rings (SSSR count). The van der Waals surface area contributed by atoms with Crippen molar-refractivity contribution < 1.29 is 14.3 Å². The minimum atomic E-state index is -0.283. The smallest absolute Gasteiger partial charge is 0.322 e. The third kappa shape index (κ3) is 3.59. The van der Waals surface area contributed by atoms with Crippen molar-refractivity contribution in [2.75, 3.05) is 31.6 Å². The van der Waals surface area contributed by atoms with Gasteiger partial charge in [0.05, 0.1) is 35.2 Å². The number of rotatable bonds is 1. The Morgan fingerprint density at radius 3 is 2.91 bits per heavy atom. The van der Waals surface area contributed by atoms with Crippen molar-refractivity contribution in [3.63, 3.8) is 0 Å². The number of amides is 2. The van der Waals surface area contributed by atoms with Crippen LogP contribution < -0.4 is 5.32 Å². The van der Waals surface area contributed by atoms with Gasteiger partial charge in [-0.3, -0.25) is 4.98 Å². The Bertz CT molecular complexity index is 590. The number of nitrogens with one attached hydrogen (secondary N) is 1. The van der Waals surface area contributed by atoms with E-state index >= 15 is 0 Å². The first-order chi connectivity index (χ1) is 11.0. The van der Waals surface area contributed by atoms with Gasteiger partial charge in [-0.15, -0.1) is 0 Å². The summed E-state index contributed by atoms with van der Waals surface area (Å²) < 4.78 is 11.6. The number of carbonyl (C=O) groups is 1. The second kappa shape index (κ2) is 6.63. The molecule has 3 heterocycles. The third-order valence-corrected chi connectivity index (χ3v) is 4.88. The molecule has 1 atom stereocenters. The summed E-state index contributed by atoms with van der Waals surface area (Å²) in [7, 11) is 0. The van der Waals surface area contributed by atoms with Crippen LogP contribution in [0.3, 0.4) is 0 Å². The molecule has 1 aromatic rings. The molecule has 1 unspecified atom stereocenters. The van der Waals surface area contributed by atoms with Crippen molar-refractivity contribution in [3.8, 4) is 0 Å². The molecule has 2 saturated heterocycles. The molecule has 2 aliphatic heterocycles. The maximum absolute atomic E-state index is 12.7. The fourth-order valence-corrected chi connectivity index (χ4v) is 3.38. The van der Waals surface area contributed by atoms with E-state index in [1.165, 1.54) is 0 Å². The molecule has 2 aliphatic rings. The first-order valence-corrected chi connectivity index (χ1v) is 8.28. The summed E-state index contributed by atoms with van der Waals surface area (Å²) >= 11 is 6.06. The molecular formula is C16H22ClN3O3. The van der Waals surface area contributed by atoms with Gasteiger partial charge in [0.25, 0.3) is 0 Å². The maximum Gasteiger partial charge on any atom is 0.322 e. The van der Waals surface area contributed by atoms with Gasteiger partial charge < -0.3 is 19.7 Å². The van der Waals surface area contributed by atoms with Gasteiger partial charge in [-0.2, -0.15) is 0 Å². The van der Waals surface area contributed by atoms with Crippen LogP contribution in [-0.4, -0.2) is 53.9 Å². The average Bonchev–Trinajstić information content (AvgIpc) is 2.51. The second-order valence-corrected chi connectivity index (χ2v) is 6.74. The quantitative estimate of drug-likeness (QED) is 0.854. The summed E-state index contributed by atoms with van der Waals surface area (Å²) in [6, 6.07) is -0.141. The number of morpholine rings is 1. The molecule has 0 bridgehead atoms. The molecule has 2 amide bonds. The molecule has 2 fully saturated rings. The fraction of sp³-hybridized carbons (Fsp3) is 0.625. The number of hydrogen-bond donors (Lipinski definition) is 1. The van der Waals surface area contributed by atoms with E-state index in [1.807, 2.05) is 18.7 Å². The Labute approximate surface area is 141 Å². The summed E-state index contributed by atoms with van der Waals surface area (Å²) in [5.74, 6) is 0. The Balaban J connectivity index is 1.72. The number of urea groups is 1. The van der Waals surface area contributed by atoms with E-state index in [9.17, 15) is 4.79 Å². The highest BCUT2D eigenvalue weighted by molar-refractivity contribution is 6.31. The van der Waals surface area contributed by atoms with Crippen molar-refractivity contribution in [1.29, 1.82) is 0 Å². The molecule has 6 nitrogen and oxygen atoms in total. The fourth-order valence-electron chi connectivity index (χ4n) is 3.22. The molecule has 1 aromatic heterocycles. The van der Waals surface area contributed by atoms with Crippen LogP contribution in [0.5, 0.6) is 0 Å². The lowest BCUT2D eigenvalue weighted by molar-refractivity contribution is -0.174. The van der Waals surface area contributed by atoms with E-state index in [-0.39, 0.29) is 17.7 Å². The zero-order valence-corrected chi connectivity index (χ0v) is 14.2. The Morgan fingerprint density at radius 1 is 1.43 bits per heavy atom. The predicted molar refractivity (Wildman–Crippen MR) is 87.9 cm³/mol. The molecule has 7 heteroatoms. The van der Waals surface area contributed by atoms with Gasteiger partial charge >= 0.3 is 6.03 Å². The van der Waals surface area contributed by atoms with E-state index < -0.39 is 0 Å². The summed E-state index contributed by atoms with van der Waals surface area (Å²) in [6.45, 7) is 6.38. The minimum Gasteiger partial charge on any atom is -0.381 e. The number of carbonyl (C=O) groups excluding carboxylic acids is 1. The molecule has 1 N–H and O–H groups in total. The van der Waals surface area contributed by atoms with Crippen molar-refractivity contribution in [2.24, 2.45) is 0 Å². The maximum atomic E-state index is 12.7. The van der Waals surface area contributed by atoms with Crippen LogP contribution in [0, 0.1) is 6.92 Å². The monoisotopic (exact) mass is 339 g/mol. The van der Waals surface area contributed by atoms with Crippen LogP contribution in [0.1, 0.15) is 25.3 Å². The van der Waals surface area contributed by atoms with Crippen molar-refractivity contribution in [2.45, 2.75) is 38.4 Å². The Hall–Kier alpha value is -1.37. The number of pyridine rings is 1. The van der Waals surface area contributed by atoms with E-state index in [0.717, 1.165) is 18.4 Å². The number of aromatic nitrogens is 1. The van der Waals surface area contributed by atoms with Gasteiger partial charge in [0.2, 0.25) is 0 Å². The molecule has 126 valence electrons. The summed E-state index contributed by atoms with van der Waals surface area (Å²) in [5, 5.41) is 3.46. The standard InChI is InChI=1S/C16H22ClN3O3/c1-11-9-20(10-16(23-11)3-5-22-6-4-16)15(21)19-14-8-18-7-13(17)12(14)2/h7-8,11H,3-6,9-10H2,1-2H3,(H,19,21). The number of anilines is 1. The normalized spacial score (nSPS) is 23.8. The van der Waals surface area contributed by atoms with Crippen LogP contribution in [-0.2, 0) is 9.47 Å². The van der Waals surface area contributed by atoms with Gasteiger partial charge in [-0.05, 0) is 19.4 Å². The van der Waals surface area contributed by atoms with Crippen molar-refractivity contribution in [3.05, 3.63) is 23.0 Å². The van der Waals surface area contributed by atoms with Crippen LogP contribution >= 0.6 is 11.6 Å². The van der Waals surface area contributed by atoms with Crippen molar-refractivity contribution in [1.82, 2.24) is 9.88 Å². The first-order valence-electron chi connectivity index (χ1n) is 7.91. The summed E-state index contributed by atoms with van der Waals surface area (Å²) in [5.41, 5.74) is 1.18. The van der Waals surface area contributed by atoms with Crippen LogP contribution in [0.2, 0.25) is 5.02 Å². The Kier molecular flexibility index (Phi) is 4.75. The van der Waals surface area contributed by atoms with Crippen LogP contribution in [0.4, 0.5) is 10.5 Å². The van der Waals surface area contributed by atoms with E-state index in [2.05, 4.69) is 10.3 Å². The van der Waals surface area contributed by atoms with Gasteiger partial charge in [0.1, 0.15) is 0 Å². The minimum absolute atomic E-state index is 0.00573. The first kappa shape index (κ1) is 16.5. The van der Waals surface area contributed by atoms with Gasteiger partial charge in [-0.1, -0.05) is 11.6 Å². The van der Waals surface area contributed by atoms with Crippen LogP contribution in [0.25, 0.3) is 0 Å². The number of ether oxygens (including phenoxy) is 2. The van der Waals surface area contributed by atoms with Gasteiger partial charge in [-0.25, -0.2) is 4.79 Å². The lowest BCUT2D eigenvalue weighted by Gasteiger charge is -2.47. The SMILES string of the molecule is Cc1c(Cl)cncc1NC(=O)N1CC(C)OC2(CCOCC2)C1. The largest absolute Gasteiger partial charge is 0.381 e. The lowest BCUT2D eigenvalue weighted by Crippen LogP contribution is -2.59. The van der Waals surface area contributed by atoms with Crippen LogP contribution in [0.15, 0.2) is 12.4 Å². The molecular weight excluding hydrogens is 318 g/mol. The lowest BCUT2D eigenvalue weighted by atomic mass is 9.91. The zero-order valence-electron chi connectivity index (χ0n) is 13.5. The second-order valence-electron chi connectivity index (χ2n) is 6.33. The molecule has 0 aromatic carbocycles. The highest BCUT2D eigenvalue weighted by Crippen LogP contribution is 2.32. The molecule has 0 aliphatic carbocycles. The molecule has 23 heavy (non-hydrogen) atoms. The van der Waals surface area contributed by atoms with Crippen molar-refractivity contribution >= 4 is 23.3 Å². The van der Waals surface area contributed by atoms with Gasteiger partial charge in [0.15, 0.2) is 0 Å². The summed E-state index contributed by atoms with van der Waals surface area (Å²) in [4.78, 5) is 18.5. The van der Waals surface area contributed by atoms with E-state index in [4.69, 9.17) is 21.1 Å². The highest BCUT2D eigenvalue weighted by atomic mass is 35.5. The Morgan fingerprint density at radius 2 is 2.17 bits per heavy atom. The number of halogens is 1. The topological polar surface area (TPSA) is 63.7 Å². The molecule has 0 radical (unpaired) electrons. The predicted octanol–water partition coefficient (Wildman–Crippen LogP) is 2.85. The van der Waals surface area contributed by atoms with E-state index in [0.29, 0.717) is 37.0 Å².